The first-order chi connectivity index (χ1) is 15.6. The molecule has 0 radical (unpaired) electrons. The van der Waals surface area contributed by atoms with Crippen LogP contribution in [0.15, 0.2) is 59.8 Å². The lowest BCUT2D eigenvalue weighted by Crippen LogP contribution is -2.50. The van der Waals surface area contributed by atoms with E-state index in [1.54, 1.807) is 23.8 Å². The second-order valence-electron chi connectivity index (χ2n) is 7.38. The normalized spacial score (nSPS) is 13.8. The van der Waals surface area contributed by atoms with Crippen LogP contribution in [-0.4, -0.2) is 75.4 Å². The molecule has 2 aromatic carbocycles. The highest BCUT2D eigenvalue weighted by Crippen LogP contribution is 2.29. The van der Waals surface area contributed by atoms with E-state index in [-0.39, 0.29) is 17.6 Å². The molecule has 0 bridgehead atoms. The molecule has 0 aliphatic carbocycles. The van der Waals surface area contributed by atoms with Gasteiger partial charge < -0.3 is 14.5 Å². The highest BCUT2D eigenvalue weighted by atomic mass is 32.2. The third-order valence-corrected chi connectivity index (χ3v) is 6.29. The topological polar surface area (TPSA) is 80.6 Å². The van der Waals surface area contributed by atoms with Crippen LogP contribution in [-0.2, 0) is 9.59 Å². The molecular formula is C23H25N5O3S. The molecule has 1 fully saturated rings. The molecule has 0 saturated carbocycles. The summed E-state index contributed by atoms with van der Waals surface area (Å²) in [4.78, 5) is 27.9. The summed E-state index contributed by atoms with van der Waals surface area (Å²) in [6.45, 7) is 3.82. The van der Waals surface area contributed by atoms with Crippen LogP contribution < -0.4 is 4.74 Å². The molecule has 9 heteroatoms. The maximum atomic E-state index is 12.8. The lowest BCUT2D eigenvalue weighted by atomic mass is 10.2. The minimum Gasteiger partial charge on any atom is -0.497 e. The van der Waals surface area contributed by atoms with Gasteiger partial charge in [-0.2, -0.15) is 0 Å². The third kappa shape index (κ3) is 4.77. The Kier molecular flexibility index (Phi) is 6.75. The summed E-state index contributed by atoms with van der Waals surface area (Å²) >= 11 is 1.36. The van der Waals surface area contributed by atoms with Gasteiger partial charge in [-0.05, 0) is 24.3 Å². The van der Waals surface area contributed by atoms with Crippen molar-refractivity contribution in [3.8, 4) is 22.8 Å². The van der Waals surface area contributed by atoms with Crippen LogP contribution in [0.5, 0.6) is 5.75 Å². The number of thioether (sulfide) groups is 1. The Hall–Kier alpha value is -3.33. The Morgan fingerprint density at radius 2 is 1.69 bits per heavy atom. The largest absolute Gasteiger partial charge is 0.497 e. The molecule has 1 aromatic heterocycles. The number of hydrogen-bond acceptors (Lipinski definition) is 6. The molecule has 0 unspecified atom stereocenters. The van der Waals surface area contributed by atoms with E-state index in [9.17, 15) is 9.59 Å². The minimum atomic E-state index is 0.0312. The zero-order chi connectivity index (χ0) is 22.5. The van der Waals surface area contributed by atoms with Gasteiger partial charge in [0.1, 0.15) is 5.75 Å². The number of amides is 2. The maximum Gasteiger partial charge on any atom is 0.233 e. The van der Waals surface area contributed by atoms with Crippen LogP contribution in [0.25, 0.3) is 17.1 Å². The van der Waals surface area contributed by atoms with Gasteiger partial charge in [-0.1, -0.05) is 42.1 Å². The Morgan fingerprint density at radius 3 is 2.38 bits per heavy atom. The Bertz CT molecular complexity index is 1090. The van der Waals surface area contributed by atoms with Gasteiger partial charge in [0.15, 0.2) is 11.0 Å². The minimum absolute atomic E-state index is 0.0312. The SMILES string of the molecule is COc1cccc(-c2nnc(SCC(=O)N3CCN(C(C)=O)CC3)n2-c2ccccc2)c1. The molecule has 0 spiro atoms. The van der Waals surface area contributed by atoms with Crippen LogP contribution >= 0.6 is 11.8 Å². The van der Waals surface area contributed by atoms with E-state index in [0.717, 1.165) is 17.0 Å². The average Bonchev–Trinajstić information content (AvgIpc) is 3.27. The van der Waals surface area contributed by atoms with E-state index in [0.29, 0.717) is 37.2 Å². The molecular weight excluding hydrogens is 426 g/mol. The van der Waals surface area contributed by atoms with Crippen molar-refractivity contribution in [1.82, 2.24) is 24.6 Å². The van der Waals surface area contributed by atoms with E-state index in [2.05, 4.69) is 10.2 Å². The molecule has 2 heterocycles. The molecule has 4 rings (SSSR count). The molecule has 0 N–H and O–H groups in total. The lowest BCUT2D eigenvalue weighted by molar-refractivity contribution is -0.136. The average molecular weight is 452 g/mol. The van der Waals surface area contributed by atoms with E-state index < -0.39 is 0 Å². The zero-order valence-electron chi connectivity index (χ0n) is 18.1. The van der Waals surface area contributed by atoms with E-state index in [1.165, 1.54) is 11.8 Å². The molecule has 1 aliphatic heterocycles. The molecule has 166 valence electrons. The van der Waals surface area contributed by atoms with Crippen molar-refractivity contribution in [3.63, 3.8) is 0 Å². The fourth-order valence-electron chi connectivity index (χ4n) is 3.61. The Labute approximate surface area is 191 Å². The number of carbonyl (C=O) groups is 2. The van der Waals surface area contributed by atoms with Gasteiger partial charge in [0.2, 0.25) is 11.8 Å². The number of rotatable bonds is 6. The number of benzene rings is 2. The molecule has 1 aliphatic rings. The van der Waals surface area contributed by atoms with Gasteiger partial charge in [0.25, 0.3) is 0 Å². The summed E-state index contributed by atoms with van der Waals surface area (Å²) in [6, 6.07) is 17.5. The summed E-state index contributed by atoms with van der Waals surface area (Å²) in [5.41, 5.74) is 1.79. The Morgan fingerprint density at radius 1 is 0.969 bits per heavy atom. The number of ether oxygens (including phenoxy) is 1. The van der Waals surface area contributed by atoms with Crippen molar-refractivity contribution >= 4 is 23.6 Å². The number of para-hydroxylation sites is 1. The van der Waals surface area contributed by atoms with E-state index in [4.69, 9.17) is 4.74 Å². The third-order valence-electron chi connectivity index (χ3n) is 5.38. The van der Waals surface area contributed by atoms with Gasteiger partial charge >= 0.3 is 0 Å². The summed E-state index contributed by atoms with van der Waals surface area (Å²) < 4.78 is 7.32. The smallest absolute Gasteiger partial charge is 0.233 e. The van der Waals surface area contributed by atoms with Gasteiger partial charge in [-0.3, -0.25) is 14.2 Å². The standard InChI is InChI=1S/C23H25N5O3S/c1-17(29)26-11-13-27(14-12-26)21(30)16-32-23-25-24-22(18-7-6-10-20(15-18)31-2)28(23)19-8-4-3-5-9-19/h3-10,15H,11-14,16H2,1-2H3. The summed E-state index contributed by atoms with van der Waals surface area (Å²) in [6.07, 6.45) is 0. The molecule has 1 saturated heterocycles. The first-order valence-corrected chi connectivity index (χ1v) is 11.4. The number of aromatic nitrogens is 3. The summed E-state index contributed by atoms with van der Waals surface area (Å²) in [5.74, 6) is 1.75. The fourth-order valence-corrected chi connectivity index (χ4v) is 4.47. The number of methoxy groups -OCH3 is 1. The number of nitrogens with zero attached hydrogens (tertiary/aromatic N) is 5. The number of piperazine rings is 1. The van der Waals surface area contributed by atoms with Crippen molar-refractivity contribution in [3.05, 3.63) is 54.6 Å². The lowest BCUT2D eigenvalue weighted by Gasteiger charge is -2.34. The monoisotopic (exact) mass is 451 g/mol. The quantitative estimate of drug-likeness (QED) is 0.536. The highest BCUT2D eigenvalue weighted by molar-refractivity contribution is 7.99. The van der Waals surface area contributed by atoms with Crippen molar-refractivity contribution in [2.75, 3.05) is 39.0 Å². The van der Waals surface area contributed by atoms with Crippen molar-refractivity contribution < 1.29 is 14.3 Å². The van der Waals surface area contributed by atoms with Crippen LogP contribution in [0.1, 0.15) is 6.92 Å². The van der Waals surface area contributed by atoms with Gasteiger partial charge in [0.05, 0.1) is 12.9 Å². The summed E-state index contributed by atoms with van der Waals surface area (Å²) in [7, 11) is 1.63. The van der Waals surface area contributed by atoms with Crippen molar-refractivity contribution in [2.24, 2.45) is 0 Å². The van der Waals surface area contributed by atoms with Crippen molar-refractivity contribution in [1.29, 1.82) is 0 Å². The maximum absolute atomic E-state index is 12.8. The zero-order valence-corrected chi connectivity index (χ0v) is 18.9. The molecule has 3 aromatic rings. The van der Waals surface area contributed by atoms with Gasteiger partial charge in [-0.25, -0.2) is 0 Å². The van der Waals surface area contributed by atoms with E-state index in [1.807, 2.05) is 59.2 Å². The first-order valence-electron chi connectivity index (χ1n) is 10.4. The molecule has 0 atom stereocenters. The predicted octanol–water partition coefficient (Wildman–Crippen LogP) is 2.73. The van der Waals surface area contributed by atoms with Crippen LogP contribution in [0.3, 0.4) is 0 Å². The molecule has 2 amide bonds. The number of hydrogen-bond donors (Lipinski definition) is 0. The first kappa shape index (κ1) is 21.9. The van der Waals surface area contributed by atoms with Gasteiger partial charge in [-0.15, -0.1) is 10.2 Å². The van der Waals surface area contributed by atoms with Crippen LogP contribution in [0.4, 0.5) is 0 Å². The second kappa shape index (κ2) is 9.86. The fraction of sp³-hybridized carbons (Fsp3) is 0.304. The molecule has 32 heavy (non-hydrogen) atoms. The summed E-state index contributed by atoms with van der Waals surface area (Å²) in [5, 5.41) is 9.46. The predicted molar refractivity (Wildman–Crippen MR) is 123 cm³/mol. The van der Waals surface area contributed by atoms with Crippen LogP contribution in [0, 0.1) is 0 Å². The van der Waals surface area contributed by atoms with Gasteiger partial charge in [0, 0.05) is 44.4 Å². The molecule has 8 nitrogen and oxygen atoms in total. The second-order valence-corrected chi connectivity index (χ2v) is 8.33. The van der Waals surface area contributed by atoms with Crippen molar-refractivity contribution in [2.45, 2.75) is 12.1 Å². The van der Waals surface area contributed by atoms with E-state index >= 15 is 0 Å². The Balaban J connectivity index is 1.55. The van der Waals surface area contributed by atoms with Crippen LogP contribution in [0.2, 0.25) is 0 Å². The highest BCUT2D eigenvalue weighted by Gasteiger charge is 2.24. The number of carbonyl (C=O) groups excluding carboxylic acids is 2.